The SMILES string of the molecule is O=C(c1ccncc1C(F)(F)F)N1CCOC(c2ncon2)C1. The molecule has 0 aliphatic carbocycles. The van der Waals surface area contributed by atoms with Crippen molar-refractivity contribution in [2.75, 3.05) is 19.7 Å². The van der Waals surface area contributed by atoms with Crippen molar-refractivity contribution < 1.29 is 27.2 Å². The zero-order valence-electron chi connectivity index (χ0n) is 11.7. The molecule has 3 heterocycles. The monoisotopic (exact) mass is 328 g/mol. The smallest absolute Gasteiger partial charge is 0.366 e. The van der Waals surface area contributed by atoms with Crippen molar-refractivity contribution >= 4 is 5.91 Å². The van der Waals surface area contributed by atoms with Crippen LogP contribution in [0.25, 0.3) is 0 Å². The van der Waals surface area contributed by atoms with E-state index < -0.39 is 29.3 Å². The highest BCUT2D eigenvalue weighted by Crippen LogP contribution is 2.32. The zero-order valence-corrected chi connectivity index (χ0v) is 11.7. The molecule has 1 saturated heterocycles. The molecule has 10 heteroatoms. The van der Waals surface area contributed by atoms with Crippen molar-refractivity contribution in [2.24, 2.45) is 0 Å². The number of halogens is 3. The molecule has 0 aromatic carbocycles. The van der Waals surface area contributed by atoms with Crippen LogP contribution in [0.3, 0.4) is 0 Å². The van der Waals surface area contributed by atoms with Gasteiger partial charge in [-0.2, -0.15) is 18.2 Å². The summed E-state index contributed by atoms with van der Waals surface area (Å²) in [5, 5.41) is 3.62. The fourth-order valence-electron chi connectivity index (χ4n) is 2.29. The second kappa shape index (κ2) is 5.95. The summed E-state index contributed by atoms with van der Waals surface area (Å²) in [6.45, 7) is 0.377. The zero-order chi connectivity index (χ0) is 16.4. The van der Waals surface area contributed by atoms with Crippen molar-refractivity contribution in [3.8, 4) is 0 Å². The number of carbonyl (C=O) groups is 1. The summed E-state index contributed by atoms with van der Waals surface area (Å²) < 4.78 is 49.1. The van der Waals surface area contributed by atoms with Gasteiger partial charge in [-0.15, -0.1) is 0 Å². The van der Waals surface area contributed by atoms with E-state index >= 15 is 0 Å². The number of ether oxygens (including phenoxy) is 1. The maximum Gasteiger partial charge on any atom is 0.418 e. The van der Waals surface area contributed by atoms with Gasteiger partial charge in [0.1, 0.15) is 6.10 Å². The number of aromatic nitrogens is 3. The van der Waals surface area contributed by atoms with Gasteiger partial charge in [0.2, 0.25) is 12.2 Å². The largest absolute Gasteiger partial charge is 0.418 e. The number of nitrogens with zero attached hydrogens (tertiary/aromatic N) is 4. The third-order valence-corrected chi connectivity index (χ3v) is 3.38. The third-order valence-electron chi connectivity index (χ3n) is 3.38. The van der Waals surface area contributed by atoms with Crippen molar-refractivity contribution in [3.05, 3.63) is 41.8 Å². The van der Waals surface area contributed by atoms with Gasteiger partial charge in [-0.05, 0) is 6.07 Å². The summed E-state index contributed by atoms with van der Waals surface area (Å²) in [6.07, 6.45) is -2.38. The second-order valence-electron chi connectivity index (χ2n) is 4.82. The van der Waals surface area contributed by atoms with E-state index in [1.54, 1.807) is 0 Å². The molecule has 1 unspecified atom stereocenters. The van der Waals surface area contributed by atoms with Crippen LogP contribution in [0.2, 0.25) is 0 Å². The fraction of sp³-hybridized carbons (Fsp3) is 0.385. The molecule has 7 nitrogen and oxygen atoms in total. The number of hydrogen-bond donors (Lipinski definition) is 0. The summed E-state index contributed by atoms with van der Waals surface area (Å²) in [5.41, 5.74) is -1.51. The number of carbonyl (C=O) groups excluding carboxylic acids is 1. The summed E-state index contributed by atoms with van der Waals surface area (Å²) >= 11 is 0. The van der Waals surface area contributed by atoms with Gasteiger partial charge in [0.05, 0.1) is 24.3 Å². The highest BCUT2D eigenvalue weighted by Gasteiger charge is 2.37. The number of alkyl halides is 3. The van der Waals surface area contributed by atoms with E-state index in [1.807, 2.05) is 0 Å². The van der Waals surface area contributed by atoms with Crippen molar-refractivity contribution in [1.82, 2.24) is 20.0 Å². The van der Waals surface area contributed by atoms with Gasteiger partial charge in [-0.25, -0.2) is 0 Å². The predicted octanol–water partition coefficient (Wildman–Crippen LogP) is 1.70. The third kappa shape index (κ3) is 3.16. The average Bonchev–Trinajstić information content (AvgIpc) is 3.08. The summed E-state index contributed by atoms with van der Waals surface area (Å²) in [7, 11) is 0. The average molecular weight is 328 g/mol. The van der Waals surface area contributed by atoms with E-state index in [0.717, 1.165) is 18.7 Å². The standard InChI is InChI=1S/C13H11F3N4O3/c14-13(15,16)9-5-17-2-1-8(9)12(21)20-3-4-22-10(6-20)11-18-7-23-19-11/h1-2,5,7,10H,3-4,6H2. The van der Waals surface area contributed by atoms with Crippen LogP contribution in [0.5, 0.6) is 0 Å². The van der Waals surface area contributed by atoms with Crippen LogP contribution < -0.4 is 0 Å². The van der Waals surface area contributed by atoms with Crippen LogP contribution in [0.4, 0.5) is 13.2 Å². The Labute approximate surface area is 128 Å². The van der Waals surface area contributed by atoms with Crippen LogP contribution >= 0.6 is 0 Å². The van der Waals surface area contributed by atoms with E-state index in [-0.39, 0.29) is 25.5 Å². The fourth-order valence-corrected chi connectivity index (χ4v) is 2.29. The number of amides is 1. The molecule has 1 atom stereocenters. The van der Waals surface area contributed by atoms with E-state index in [2.05, 4.69) is 19.6 Å². The van der Waals surface area contributed by atoms with Gasteiger partial charge >= 0.3 is 6.18 Å². The molecule has 0 bridgehead atoms. The van der Waals surface area contributed by atoms with E-state index in [0.29, 0.717) is 6.20 Å². The first kappa shape index (κ1) is 15.4. The molecule has 2 aromatic heterocycles. The van der Waals surface area contributed by atoms with Gasteiger partial charge < -0.3 is 14.2 Å². The van der Waals surface area contributed by atoms with Crippen LogP contribution in [0.1, 0.15) is 27.8 Å². The molecule has 122 valence electrons. The van der Waals surface area contributed by atoms with Crippen LogP contribution in [0.15, 0.2) is 29.4 Å². The van der Waals surface area contributed by atoms with E-state index in [9.17, 15) is 18.0 Å². The maximum atomic E-state index is 13.0. The van der Waals surface area contributed by atoms with E-state index in [1.165, 1.54) is 4.90 Å². The lowest BCUT2D eigenvalue weighted by Crippen LogP contribution is -2.43. The minimum absolute atomic E-state index is 0.0397. The number of rotatable bonds is 2. The Balaban J connectivity index is 1.83. The highest BCUT2D eigenvalue weighted by molar-refractivity contribution is 5.95. The summed E-state index contributed by atoms with van der Waals surface area (Å²) in [5.74, 6) is -0.496. The van der Waals surface area contributed by atoms with Gasteiger partial charge in [-0.1, -0.05) is 5.16 Å². The Morgan fingerprint density at radius 1 is 1.39 bits per heavy atom. The Kier molecular flexibility index (Phi) is 3.99. The van der Waals surface area contributed by atoms with Gasteiger partial charge in [-0.3, -0.25) is 9.78 Å². The molecule has 0 N–H and O–H groups in total. The summed E-state index contributed by atoms with van der Waals surface area (Å²) in [4.78, 5) is 21.0. The van der Waals surface area contributed by atoms with Gasteiger partial charge in [0, 0.05) is 18.9 Å². The first-order valence-electron chi connectivity index (χ1n) is 6.65. The first-order valence-corrected chi connectivity index (χ1v) is 6.65. The Hall–Kier alpha value is -2.49. The minimum atomic E-state index is -4.65. The predicted molar refractivity (Wildman–Crippen MR) is 68.1 cm³/mol. The van der Waals surface area contributed by atoms with E-state index in [4.69, 9.17) is 4.74 Å². The van der Waals surface area contributed by atoms with Crippen LogP contribution in [-0.4, -0.2) is 45.6 Å². The Morgan fingerprint density at radius 2 is 2.22 bits per heavy atom. The van der Waals surface area contributed by atoms with Crippen molar-refractivity contribution in [1.29, 1.82) is 0 Å². The number of hydrogen-bond acceptors (Lipinski definition) is 6. The van der Waals surface area contributed by atoms with Crippen molar-refractivity contribution in [2.45, 2.75) is 12.3 Å². The molecule has 0 saturated carbocycles. The molecule has 1 aliphatic heterocycles. The second-order valence-corrected chi connectivity index (χ2v) is 4.82. The molecule has 0 radical (unpaired) electrons. The Morgan fingerprint density at radius 3 is 2.91 bits per heavy atom. The molecule has 1 aliphatic rings. The summed E-state index contributed by atoms with van der Waals surface area (Å²) in [6, 6.07) is 1.06. The molecule has 0 spiro atoms. The van der Waals surface area contributed by atoms with Gasteiger partial charge in [0.15, 0.2) is 0 Å². The highest BCUT2D eigenvalue weighted by atomic mass is 19.4. The van der Waals surface area contributed by atoms with Crippen LogP contribution in [-0.2, 0) is 10.9 Å². The molecule has 3 rings (SSSR count). The van der Waals surface area contributed by atoms with Crippen LogP contribution in [0, 0.1) is 0 Å². The number of pyridine rings is 1. The topological polar surface area (TPSA) is 81.4 Å². The molecular formula is C13H11F3N4O3. The van der Waals surface area contributed by atoms with Crippen molar-refractivity contribution in [3.63, 3.8) is 0 Å². The molecule has 1 amide bonds. The maximum absolute atomic E-state index is 13.0. The quantitative estimate of drug-likeness (QED) is 0.834. The normalized spacial score (nSPS) is 18.9. The van der Waals surface area contributed by atoms with Gasteiger partial charge in [0.25, 0.3) is 5.91 Å². The first-order chi connectivity index (χ1) is 11.0. The molecular weight excluding hydrogens is 317 g/mol. The minimum Gasteiger partial charge on any atom is -0.366 e. The molecule has 2 aromatic rings. The number of morpholine rings is 1. The molecule has 1 fully saturated rings. The molecule has 23 heavy (non-hydrogen) atoms. The lowest BCUT2D eigenvalue weighted by molar-refractivity contribution is -0.138. The lowest BCUT2D eigenvalue weighted by atomic mass is 10.1. The Bertz CT molecular complexity index is 690. The lowest BCUT2D eigenvalue weighted by Gasteiger charge is -2.32.